The monoisotopic (exact) mass is 553 g/mol. The predicted molar refractivity (Wildman–Crippen MR) is 134 cm³/mol. The Morgan fingerprint density at radius 3 is 2.21 bits per heavy atom. The molecule has 0 radical (unpaired) electrons. The molecule has 4 rings (SSSR count). The lowest BCUT2D eigenvalue weighted by molar-refractivity contribution is -0.123. The highest BCUT2D eigenvalue weighted by Crippen LogP contribution is 2.37. The van der Waals surface area contributed by atoms with Crippen molar-refractivity contribution in [3.05, 3.63) is 97.8 Å². The van der Waals surface area contributed by atoms with E-state index in [4.69, 9.17) is 39.0 Å². The summed E-state index contributed by atoms with van der Waals surface area (Å²) in [5.74, 6) is -0.556. The molecule has 1 fully saturated rings. The molecule has 0 aliphatic carbocycles. The maximum Gasteiger partial charge on any atom is 0.339 e. The number of amides is 2. The van der Waals surface area contributed by atoms with Crippen LogP contribution in [0.5, 0.6) is 5.75 Å². The number of carbonyl (C=O) groups is 2. The average molecular weight is 555 g/mol. The molecule has 0 unspecified atom stereocenters. The summed E-state index contributed by atoms with van der Waals surface area (Å²) < 4.78 is 30.7. The van der Waals surface area contributed by atoms with E-state index in [1.54, 1.807) is 36.4 Å². The SMILES string of the molecule is O=C1S/C(=C\c2ccccc2OS(=O)(=O)c2ccc(Cl)cc2)C(=O)N1Cc1c(Cl)cccc1Cl. The molecular weight excluding hydrogens is 541 g/mol. The summed E-state index contributed by atoms with van der Waals surface area (Å²) in [7, 11) is -4.16. The van der Waals surface area contributed by atoms with Crippen molar-refractivity contribution in [2.75, 3.05) is 0 Å². The van der Waals surface area contributed by atoms with Crippen LogP contribution >= 0.6 is 46.6 Å². The molecule has 34 heavy (non-hydrogen) atoms. The standard InChI is InChI=1S/C23H14Cl3NO5S2/c24-15-8-10-16(11-9-15)34(30,31)32-20-7-2-1-4-14(20)12-21-22(28)27(23(29)33-21)13-17-18(25)5-3-6-19(17)26/h1-12H,13H2/b21-12-. The molecule has 11 heteroatoms. The van der Waals surface area contributed by atoms with E-state index in [0.717, 1.165) is 16.7 Å². The van der Waals surface area contributed by atoms with E-state index in [-0.39, 0.29) is 22.1 Å². The molecule has 0 aromatic heterocycles. The Kier molecular flexibility index (Phi) is 7.25. The molecule has 1 aliphatic heterocycles. The lowest BCUT2D eigenvalue weighted by atomic mass is 10.1. The third-order valence-electron chi connectivity index (χ3n) is 4.76. The Balaban J connectivity index is 1.61. The molecule has 3 aromatic rings. The number of carbonyl (C=O) groups excluding carboxylic acids is 2. The van der Waals surface area contributed by atoms with Crippen molar-refractivity contribution in [3.8, 4) is 5.75 Å². The lowest BCUT2D eigenvalue weighted by Crippen LogP contribution is -2.27. The summed E-state index contributed by atoms with van der Waals surface area (Å²) in [6.45, 7) is -0.0936. The van der Waals surface area contributed by atoms with E-state index in [1.165, 1.54) is 36.4 Å². The van der Waals surface area contributed by atoms with E-state index in [2.05, 4.69) is 0 Å². The summed E-state index contributed by atoms with van der Waals surface area (Å²) in [6.07, 6.45) is 1.41. The molecule has 0 atom stereocenters. The van der Waals surface area contributed by atoms with Crippen LogP contribution < -0.4 is 4.18 Å². The third kappa shape index (κ3) is 5.26. The van der Waals surface area contributed by atoms with Crippen molar-refractivity contribution in [1.29, 1.82) is 0 Å². The first-order valence-electron chi connectivity index (χ1n) is 9.63. The number of thioether (sulfide) groups is 1. The minimum atomic E-state index is -4.16. The van der Waals surface area contributed by atoms with Crippen LogP contribution in [-0.2, 0) is 21.5 Å². The van der Waals surface area contributed by atoms with Gasteiger partial charge in [-0.1, -0.05) is 59.1 Å². The minimum absolute atomic E-state index is 0.00148. The fraction of sp³-hybridized carbons (Fsp3) is 0.0435. The smallest absolute Gasteiger partial charge is 0.339 e. The number of hydrogen-bond donors (Lipinski definition) is 0. The molecule has 1 saturated heterocycles. The summed E-state index contributed by atoms with van der Waals surface area (Å²) in [6, 6.07) is 16.7. The molecule has 3 aromatic carbocycles. The van der Waals surface area contributed by atoms with Gasteiger partial charge in [-0.3, -0.25) is 14.5 Å². The highest BCUT2D eigenvalue weighted by atomic mass is 35.5. The average Bonchev–Trinajstić information content (AvgIpc) is 3.05. The van der Waals surface area contributed by atoms with Crippen LogP contribution in [-0.4, -0.2) is 24.5 Å². The zero-order valence-electron chi connectivity index (χ0n) is 17.1. The van der Waals surface area contributed by atoms with Crippen molar-refractivity contribution in [1.82, 2.24) is 4.90 Å². The van der Waals surface area contributed by atoms with E-state index in [9.17, 15) is 18.0 Å². The first kappa shape index (κ1) is 24.6. The predicted octanol–water partition coefficient (Wildman–Crippen LogP) is 6.65. The van der Waals surface area contributed by atoms with E-state index in [1.807, 2.05) is 0 Å². The summed E-state index contributed by atoms with van der Waals surface area (Å²) >= 11 is 18.9. The van der Waals surface area contributed by atoms with Gasteiger partial charge in [0.2, 0.25) is 0 Å². The van der Waals surface area contributed by atoms with Gasteiger partial charge < -0.3 is 4.18 Å². The maximum absolute atomic E-state index is 13.0. The molecule has 0 N–H and O–H groups in total. The van der Waals surface area contributed by atoms with Gasteiger partial charge in [0, 0.05) is 26.2 Å². The summed E-state index contributed by atoms with van der Waals surface area (Å²) in [5.41, 5.74) is 0.758. The van der Waals surface area contributed by atoms with Crippen LogP contribution in [0.2, 0.25) is 15.1 Å². The van der Waals surface area contributed by atoms with Crippen molar-refractivity contribution in [2.24, 2.45) is 0 Å². The Labute approximate surface area is 215 Å². The Bertz CT molecular complexity index is 1400. The molecule has 0 bridgehead atoms. The van der Waals surface area contributed by atoms with Crippen molar-refractivity contribution in [2.45, 2.75) is 11.4 Å². The molecule has 2 amide bonds. The molecule has 0 spiro atoms. The molecule has 1 aliphatic rings. The van der Waals surface area contributed by atoms with Gasteiger partial charge in [0.1, 0.15) is 10.6 Å². The molecule has 0 saturated carbocycles. The number of para-hydroxylation sites is 1. The second-order valence-corrected chi connectivity index (χ2v) is 10.8. The first-order valence-corrected chi connectivity index (χ1v) is 13.0. The lowest BCUT2D eigenvalue weighted by Gasteiger charge is -2.14. The third-order valence-corrected chi connectivity index (χ3v) is 7.87. The van der Waals surface area contributed by atoms with Crippen LogP contribution in [0.3, 0.4) is 0 Å². The Morgan fingerprint density at radius 2 is 1.53 bits per heavy atom. The second-order valence-electron chi connectivity index (χ2n) is 7.00. The van der Waals surface area contributed by atoms with Gasteiger partial charge in [0.15, 0.2) is 0 Å². The normalized spacial score (nSPS) is 15.3. The van der Waals surface area contributed by atoms with Crippen LogP contribution in [0.15, 0.2) is 76.5 Å². The summed E-state index contributed by atoms with van der Waals surface area (Å²) in [5, 5.41) is 0.552. The van der Waals surface area contributed by atoms with Gasteiger partial charge >= 0.3 is 10.1 Å². The van der Waals surface area contributed by atoms with Crippen LogP contribution in [0.1, 0.15) is 11.1 Å². The largest absolute Gasteiger partial charge is 0.378 e. The quantitative estimate of drug-likeness (QED) is 0.251. The molecule has 1 heterocycles. The van der Waals surface area contributed by atoms with Crippen molar-refractivity contribution in [3.63, 3.8) is 0 Å². The van der Waals surface area contributed by atoms with Gasteiger partial charge in [-0.2, -0.15) is 8.42 Å². The number of rotatable bonds is 6. The zero-order chi connectivity index (χ0) is 24.5. The second kappa shape index (κ2) is 10.0. The van der Waals surface area contributed by atoms with Crippen LogP contribution in [0, 0.1) is 0 Å². The highest BCUT2D eigenvalue weighted by Gasteiger charge is 2.36. The van der Waals surface area contributed by atoms with Gasteiger partial charge in [-0.25, -0.2) is 0 Å². The first-order chi connectivity index (χ1) is 16.2. The fourth-order valence-corrected chi connectivity index (χ4v) is 5.49. The fourth-order valence-electron chi connectivity index (χ4n) is 3.06. The van der Waals surface area contributed by atoms with Gasteiger partial charge in [0.05, 0.1) is 11.4 Å². The molecular formula is C23H14Cl3NO5S2. The Morgan fingerprint density at radius 1 is 0.882 bits per heavy atom. The molecule has 174 valence electrons. The number of imide groups is 1. The van der Waals surface area contributed by atoms with Crippen LogP contribution in [0.25, 0.3) is 6.08 Å². The van der Waals surface area contributed by atoms with Gasteiger partial charge in [-0.05, 0) is 60.3 Å². The van der Waals surface area contributed by atoms with Crippen molar-refractivity contribution >= 4 is 73.9 Å². The zero-order valence-corrected chi connectivity index (χ0v) is 21.0. The minimum Gasteiger partial charge on any atom is -0.378 e. The topological polar surface area (TPSA) is 80.8 Å². The number of nitrogens with zero attached hydrogens (tertiary/aromatic N) is 1. The summed E-state index contributed by atoms with van der Waals surface area (Å²) in [4.78, 5) is 26.5. The number of halogens is 3. The maximum atomic E-state index is 13.0. The van der Waals surface area contributed by atoms with E-state index < -0.39 is 21.3 Å². The number of hydrogen-bond acceptors (Lipinski definition) is 6. The number of benzene rings is 3. The highest BCUT2D eigenvalue weighted by molar-refractivity contribution is 8.18. The van der Waals surface area contributed by atoms with Crippen molar-refractivity contribution < 1.29 is 22.2 Å². The van der Waals surface area contributed by atoms with E-state index in [0.29, 0.717) is 26.2 Å². The van der Waals surface area contributed by atoms with E-state index >= 15 is 0 Å². The van der Waals surface area contributed by atoms with Gasteiger partial charge in [0.25, 0.3) is 11.1 Å². The Hall–Kier alpha value is -2.49. The van der Waals surface area contributed by atoms with Crippen LogP contribution in [0.4, 0.5) is 4.79 Å². The van der Waals surface area contributed by atoms with Gasteiger partial charge in [-0.15, -0.1) is 0 Å². The molecule has 6 nitrogen and oxygen atoms in total.